The number of hydrogen-bond donors (Lipinski definition) is 4. The molecule has 4 N–H and O–H groups in total. The molecule has 9 nitrogen and oxygen atoms in total. The van der Waals surface area contributed by atoms with Gasteiger partial charge in [0.2, 0.25) is 5.91 Å². The summed E-state index contributed by atoms with van der Waals surface area (Å²) in [5.41, 5.74) is 13.5. The highest BCUT2D eigenvalue weighted by atomic mass is 16.5. The van der Waals surface area contributed by atoms with E-state index in [1.807, 2.05) is 18.2 Å². The molecular formula is C27H43N7O2. The molecule has 4 rings (SSSR count). The summed E-state index contributed by atoms with van der Waals surface area (Å²) in [5.74, 6) is 1.70. The molecule has 0 saturated carbocycles. The number of hydrazine groups is 2. The summed E-state index contributed by atoms with van der Waals surface area (Å²) in [7, 11) is 0. The fraction of sp³-hybridized carbons (Fsp3) is 0.481. The molecule has 2 aliphatic heterocycles. The Kier molecular flexibility index (Phi) is 8.79. The van der Waals surface area contributed by atoms with Crippen LogP contribution in [0.25, 0.3) is 11.1 Å². The summed E-state index contributed by atoms with van der Waals surface area (Å²) in [6.45, 7) is 14.0. The third-order valence-corrected chi connectivity index (χ3v) is 6.15. The molecule has 2 aromatic carbocycles. The number of benzene rings is 2. The first-order valence-electron chi connectivity index (χ1n) is 12.8. The highest BCUT2D eigenvalue weighted by molar-refractivity contribution is 6.05. The molecular weight excluding hydrogens is 454 g/mol. The van der Waals surface area contributed by atoms with Gasteiger partial charge in [-0.2, -0.15) is 0 Å². The van der Waals surface area contributed by atoms with Gasteiger partial charge >= 0.3 is 0 Å². The van der Waals surface area contributed by atoms with Crippen molar-refractivity contribution in [2.45, 2.75) is 27.7 Å². The third kappa shape index (κ3) is 6.75. The van der Waals surface area contributed by atoms with Crippen LogP contribution in [0.3, 0.4) is 0 Å². The van der Waals surface area contributed by atoms with Crippen LogP contribution in [0.4, 0.5) is 11.4 Å². The van der Waals surface area contributed by atoms with Crippen molar-refractivity contribution < 1.29 is 12.4 Å². The van der Waals surface area contributed by atoms with Crippen molar-refractivity contribution in [2.75, 3.05) is 56.2 Å². The Balaban J connectivity index is 0.00000253. The highest BCUT2D eigenvalue weighted by Gasteiger charge is 2.20. The maximum absolute atomic E-state index is 13.2. The van der Waals surface area contributed by atoms with Gasteiger partial charge in [0.25, 0.3) is 0 Å². The van der Waals surface area contributed by atoms with Crippen LogP contribution >= 0.6 is 0 Å². The van der Waals surface area contributed by atoms with Crippen molar-refractivity contribution in [2.24, 2.45) is 16.9 Å². The lowest BCUT2D eigenvalue weighted by atomic mass is 9.97. The first-order valence-corrected chi connectivity index (χ1v) is 12.8. The number of ether oxygens (including phenoxy) is 1. The van der Waals surface area contributed by atoms with Crippen LogP contribution in [0.1, 0.15) is 36.1 Å². The topological polar surface area (TPSA) is 93.3 Å². The van der Waals surface area contributed by atoms with Crippen LogP contribution in [0, 0.1) is 11.8 Å². The monoisotopic (exact) mass is 497 g/mol. The van der Waals surface area contributed by atoms with E-state index in [1.165, 1.54) is 0 Å². The average molecular weight is 498 g/mol. The van der Waals surface area contributed by atoms with Crippen LogP contribution in [-0.4, -0.2) is 62.6 Å². The van der Waals surface area contributed by atoms with Crippen LogP contribution in [0.15, 0.2) is 47.6 Å². The van der Waals surface area contributed by atoms with Crippen LogP contribution in [0.5, 0.6) is 0 Å². The molecule has 0 spiro atoms. The van der Waals surface area contributed by atoms with Crippen molar-refractivity contribution in [3.63, 3.8) is 0 Å². The number of amidine groups is 1. The van der Waals surface area contributed by atoms with Gasteiger partial charge in [-0.25, -0.2) is 5.53 Å². The van der Waals surface area contributed by atoms with Crippen molar-refractivity contribution in [1.29, 1.82) is 0 Å². The van der Waals surface area contributed by atoms with Gasteiger partial charge in [0.15, 0.2) is 5.84 Å². The minimum absolute atomic E-state index is 0. The molecule has 2 heterocycles. The summed E-state index contributed by atoms with van der Waals surface area (Å²) < 4.78 is 5.44. The fourth-order valence-corrected chi connectivity index (χ4v) is 4.65. The predicted molar refractivity (Wildman–Crippen MR) is 150 cm³/mol. The van der Waals surface area contributed by atoms with Gasteiger partial charge < -0.3 is 15.0 Å². The minimum atomic E-state index is -0.00661. The summed E-state index contributed by atoms with van der Waals surface area (Å²) in [4.78, 5) is 17.7. The number of hydrazone groups is 1. The van der Waals surface area contributed by atoms with E-state index in [2.05, 4.69) is 88.7 Å². The maximum atomic E-state index is 13.2. The van der Waals surface area contributed by atoms with Gasteiger partial charge in [-0.05, 0) is 35.1 Å². The number of amides is 1. The lowest BCUT2D eigenvalue weighted by Crippen LogP contribution is -2.41. The molecule has 0 bridgehead atoms. The van der Waals surface area contributed by atoms with Gasteiger partial charge in [-0.15, -0.1) is 10.6 Å². The molecule has 1 amide bonds. The lowest BCUT2D eigenvalue weighted by molar-refractivity contribution is -0.118. The minimum Gasteiger partial charge on any atom is -0.379 e. The molecule has 36 heavy (non-hydrogen) atoms. The number of carbonyl (C=O) groups is 1. The molecule has 2 aliphatic rings. The SMILES string of the molecule is CC(C)CN(CC(C)C)c1ccc(-c2ccccc2C2=NNNN2)cc1NC(=O)CN1CCOCC1.[HH].[HH]. The summed E-state index contributed by atoms with van der Waals surface area (Å²) in [6.07, 6.45) is 0. The van der Waals surface area contributed by atoms with E-state index in [1.54, 1.807) is 0 Å². The summed E-state index contributed by atoms with van der Waals surface area (Å²) in [6, 6.07) is 14.5. The van der Waals surface area contributed by atoms with Gasteiger partial charge in [-0.3, -0.25) is 15.1 Å². The number of hydrogen-bond acceptors (Lipinski definition) is 8. The summed E-state index contributed by atoms with van der Waals surface area (Å²) in [5, 5.41) is 7.54. The Labute approximate surface area is 217 Å². The van der Waals surface area contributed by atoms with Crippen molar-refractivity contribution in [3.8, 4) is 11.1 Å². The second kappa shape index (κ2) is 12.2. The molecule has 9 heteroatoms. The molecule has 0 aromatic heterocycles. The second-order valence-electron chi connectivity index (χ2n) is 10.2. The van der Waals surface area contributed by atoms with Gasteiger partial charge in [0.1, 0.15) is 0 Å². The molecule has 1 saturated heterocycles. The zero-order valence-corrected chi connectivity index (χ0v) is 21.8. The van der Waals surface area contributed by atoms with Crippen molar-refractivity contribution in [1.82, 2.24) is 21.4 Å². The molecule has 2 aromatic rings. The van der Waals surface area contributed by atoms with E-state index in [-0.39, 0.29) is 8.76 Å². The Morgan fingerprint density at radius 2 is 1.78 bits per heavy atom. The molecule has 1 fully saturated rings. The molecule has 0 unspecified atom stereocenters. The zero-order valence-electron chi connectivity index (χ0n) is 21.8. The van der Waals surface area contributed by atoms with E-state index < -0.39 is 0 Å². The first kappa shape index (κ1) is 25.9. The molecule has 198 valence electrons. The highest BCUT2D eigenvalue weighted by Crippen LogP contribution is 2.34. The number of anilines is 2. The van der Waals surface area contributed by atoms with E-state index in [0.717, 1.165) is 54.2 Å². The lowest BCUT2D eigenvalue weighted by Gasteiger charge is -2.31. The van der Waals surface area contributed by atoms with Crippen molar-refractivity contribution >= 4 is 23.1 Å². The maximum Gasteiger partial charge on any atom is 0.238 e. The van der Waals surface area contributed by atoms with Gasteiger partial charge in [-0.1, -0.05) is 58.0 Å². The van der Waals surface area contributed by atoms with Crippen LogP contribution in [0.2, 0.25) is 0 Å². The van der Waals surface area contributed by atoms with Gasteiger partial charge in [0, 0.05) is 34.6 Å². The molecule has 0 atom stereocenters. The van der Waals surface area contributed by atoms with Gasteiger partial charge in [0.05, 0.1) is 31.1 Å². The molecule has 0 radical (unpaired) electrons. The Hall–Kier alpha value is -3.14. The summed E-state index contributed by atoms with van der Waals surface area (Å²) >= 11 is 0. The zero-order chi connectivity index (χ0) is 25.5. The van der Waals surface area contributed by atoms with E-state index in [4.69, 9.17) is 4.74 Å². The smallest absolute Gasteiger partial charge is 0.238 e. The normalized spacial score (nSPS) is 16.0. The van der Waals surface area contributed by atoms with E-state index >= 15 is 0 Å². The molecule has 0 aliphatic carbocycles. The quantitative estimate of drug-likeness (QED) is 0.399. The Morgan fingerprint density at radius 3 is 2.42 bits per heavy atom. The van der Waals surface area contributed by atoms with E-state index in [9.17, 15) is 4.79 Å². The number of nitrogens with one attached hydrogen (secondary N) is 4. The standard InChI is InChI=1S/C27H39N7O2.2H2/c1-19(2)16-34(17-20(3)4)25-10-9-21(22-7-5-6-8-23(22)27-29-31-32-30-27)15-24(25)28-26(35)18-33-11-13-36-14-12-33;;/h5-10,15,19-20,31-32H,11-14,16-18H2,1-4H3,(H,28,35)(H,29,30);2*1H. The third-order valence-electron chi connectivity index (χ3n) is 6.15. The predicted octanol–water partition coefficient (Wildman–Crippen LogP) is 3.51. The number of rotatable bonds is 10. The number of nitrogens with zero attached hydrogens (tertiary/aromatic N) is 3. The van der Waals surface area contributed by atoms with E-state index in [0.29, 0.717) is 37.4 Å². The number of morpholine rings is 1. The fourth-order valence-electron chi connectivity index (χ4n) is 4.65. The Morgan fingerprint density at radius 1 is 1.08 bits per heavy atom. The van der Waals surface area contributed by atoms with Crippen LogP contribution < -0.4 is 26.7 Å². The second-order valence-corrected chi connectivity index (χ2v) is 10.2. The van der Waals surface area contributed by atoms with Crippen molar-refractivity contribution in [3.05, 3.63) is 48.0 Å². The average Bonchev–Trinajstić information content (AvgIpc) is 3.38. The number of carbonyl (C=O) groups excluding carboxylic acids is 1. The Bertz CT molecular complexity index is 1070. The first-order chi connectivity index (χ1) is 17.4. The van der Waals surface area contributed by atoms with Crippen LogP contribution in [-0.2, 0) is 9.53 Å². The largest absolute Gasteiger partial charge is 0.379 e.